The zero-order valence-electron chi connectivity index (χ0n) is 22.4. The summed E-state index contributed by atoms with van der Waals surface area (Å²) in [5, 5.41) is 13.0. The van der Waals surface area contributed by atoms with Gasteiger partial charge in [0.2, 0.25) is 0 Å². The van der Waals surface area contributed by atoms with Crippen LogP contribution in [0.1, 0.15) is 41.7 Å². The number of anilines is 1. The van der Waals surface area contributed by atoms with E-state index in [-0.39, 0.29) is 24.2 Å². The summed E-state index contributed by atoms with van der Waals surface area (Å²) in [5.74, 6) is -0.124. The van der Waals surface area contributed by atoms with Crippen molar-refractivity contribution in [1.29, 1.82) is 0 Å². The molecule has 1 aliphatic carbocycles. The number of aromatic nitrogens is 2. The summed E-state index contributed by atoms with van der Waals surface area (Å²) in [4.78, 5) is 36.5. The Morgan fingerprint density at radius 2 is 1.78 bits per heavy atom. The summed E-state index contributed by atoms with van der Waals surface area (Å²) in [7, 11) is 0. The van der Waals surface area contributed by atoms with E-state index in [4.69, 9.17) is 26.7 Å². The number of likely N-dealkylation sites (tertiary alicyclic amines) is 1. The number of halogens is 2. The second-order valence-electron chi connectivity index (χ2n) is 10.9. The van der Waals surface area contributed by atoms with Gasteiger partial charge in [-0.05, 0) is 92.1 Å². The Morgan fingerprint density at radius 1 is 1.00 bits per heavy atom. The highest BCUT2D eigenvalue weighted by atomic mass is 35.5. The van der Waals surface area contributed by atoms with Crippen LogP contribution < -0.4 is 5.32 Å². The van der Waals surface area contributed by atoms with E-state index in [9.17, 15) is 14.0 Å². The lowest BCUT2D eigenvalue weighted by Gasteiger charge is -2.28. The monoisotopic (exact) mass is 572 g/mol. The summed E-state index contributed by atoms with van der Waals surface area (Å²) < 4.78 is 13.3. The average Bonchev–Trinajstić information content (AvgIpc) is 3.65. The van der Waals surface area contributed by atoms with Crippen LogP contribution in [0.15, 0.2) is 66.7 Å². The molecular formula is C32H30ClFN4O3. The summed E-state index contributed by atoms with van der Waals surface area (Å²) >= 11 is 6.10. The number of aryl methyl sites for hydroxylation is 1. The van der Waals surface area contributed by atoms with Crippen LogP contribution in [0.2, 0.25) is 5.02 Å². The Hall–Kier alpha value is -4.04. The van der Waals surface area contributed by atoms with Crippen LogP contribution >= 0.6 is 11.6 Å². The van der Waals surface area contributed by atoms with Gasteiger partial charge < -0.3 is 15.3 Å². The van der Waals surface area contributed by atoms with Crippen molar-refractivity contribution in [3.63, 3.8) is 0 Å². The van der Waals surface area contributed by atoms with E-state index in [0.717, 1.165) is 35.6 Å². The largest absolute Gasteiger partial charge is 0.481 e. The van der Waals surface area contributed by atoms with Crippen LogP contribution in [-0.2, 0) is 11.2 Å². The molecule has 0 spiro atoms. The van der Waals surface area contributed by atoms with E-state index < -0.39 is 5.97 Å². The van der Waals surface area contributed by atoms with Crippen LogP contribution in [0.5, 0.6) is 0 Å². The molecule has 210 valence electrons. The molecule has 1 aliphatic heterocycles. The molecular weight excluding hydrogens is 543 g/mol. The molecule has 1 amide bonds. The van der Waals surface area contributed by atoms with Gasteiger partial charge in [0.05, 0.1) is 28.5 Å². The first-order valence-electron chi connectivity index (χ1n) is 13.9. The lowest BCUT2D eigenvalue weighted by molar-refractivity contribution is -0.137. The summed E-state index contributed by atoms with van der Waals surface area (Å²) in [6, 6.07) is 19.2. The zero-order valence-corrected chi connectivity index (χ0v) is 23.1. The molecule has 2 N–H and O–H groups in total. The molecule has 3 aromatic carbocycles. The van der Waals surface area contributed by atoms with E-state index in [0.29, 0.717) is 59.3 Å². The number of hydrogen-bond donors (Lipinski definition) is 2. The fourth-order valence-electron chi connectivity index (χ4n) is 5.83. The Balaban J connectivity index is 1.25. The summed E-state index contributed by atoms with van der Waals surface area (Å²) in [6.07, 6.45) is 2.99. The van der Waals surface area contributed by atoms with Gasteiger partial charge in [0.15, 0.2) is 0 Å². The van der Waals surface area contributed by atoms with Gasteiger partial charge >= 0.3 is 5.97 Å². The highest BCUT2D eigenvalue weighted by Crippen LogP contribution is 2.50. The van der Waals surface area contributed by atoms with Gasteiger partial charge in [0.25, 0.3) is 5.91 Å². The second-order valence-corrected chi connectivity index (χ2v) is 11.3. The number of benzene rings is 3. The maximum atomic E-state index is 13.7. The number of aliphatic carboxylic acids is 1. The van der Waals surface area contributed by atoms with Gasteiger partial charge in [-0.1, -0.05) is 23.7 Å². The number of unbranched alkanes of at least 4 members (excludes halogenated alkanes) is 1. The number of carboxylic acids is 1. The molecule has 4 aromatic rings. The Labute approximate surface area is 242 Å². The minimum atomic E-state index is -0.818. The minimum absolute atomic E-state index is 0.0309. The number of piperidine rings is 1. The highest BCUT2D eigenvalue weighted by Gasteiger charge is 2.53. The number of carbonyl (C=O) groups is 2. The van der Waals surface area contributed by atoms with Crippen molar-refractivity contribution >= 4 is 40.2 Å². The standard InChI is InChI=1S/C32H30ClFN4O3/c33-22-8-5-19(6-9-22)31-27(3-1-2-4-30(39)40)36-28-16-20(7-14-26(28)37-31)32(41)38-18-21-15-25(21)29(38)17-35-24-12-10-23(34)11-13-24/h5-14,16,21,25,29,35H,1-4,15,17-18H2,(H,39,40)/t21-,25?,29+/m0/s1. The number of hydrogen-bond acceptors (Lipinski definition) is 5. The maximum absolute atomic E-state index is 13.7. The Kier molecular flexibility index (Phi) is 7.58. The van der Waals surface area contributed by atoms with Gasteiger partial charge in [-0.25, -0.2) is 14.4 Å². The van der Waals surface area contributed by atoms with E-state index in [1.165, 1.54) is 12.1 Å². The Morgan fingerprint density at radius 3 is 2.54 bits per heavy atom. The SMILES string of the molecule is O=C(O)CCCCc1nc2cc(C(=O)N3C[C@@H]4CC4[C@H]3CNc3ccc(F)cc3)ccc2nc1-c1ccc(Cl)cc1. The smallest absolute Gasteiger partial charge is 0.303 e. The third-order valence-corrected chi connectivity index (χ3v) is 8.33. The molecule has 1 aromatic heterocycles. The number of nitrogens with one attached hydrogen (secondary N) is 1. The molecule has 9 heteroatoms. The predicted octanol–water partition coefficient (Wildman–Crippen LogP) is 6.46. The summed E-state index contributed by atoms with van der Waals surface area (Å²) in [5.41, 5.74) is 5.08. The molecule has 1 unspecified atom stereocenters. The number of nitrogens with zero attached hydrogens (tertiary/aromatic N) is 3. The van der Waals surface area contributed by atoms with Crippen molar-refractivity contribution in [2.24, 2.45) is 11.8 Å². The quantitative estimate of drug-likeness (QED) is 0.212. The second kappa shape index (κ2) is 11.4. The highest BCUT2D eigenvalue weighted by molar-refractivity contribution is 6.30. The molecule has 41 heavy (non-hydrogen) atoms. The van der Waals surface area contributed by atoms with E-state index >= 15 is 0 Å². The molecule has 1 saturated heterocycles. The zero-order chi connectivity index (χ0) is 28.5. The van der Waals surface area contributed by atoms with Crippen molar-refractivity contribution in [2.75, 3.05) is 18.4 Å². The number of carbonyl (C=O) groups excluding carboxylic acids is 1. The minimum Gasteiger partial charge on any atom is -0.481 e. The van der Waals surface area contributed by atoms with E-state index in [2.05, 4.69) is 5.32 Å². The van der Waals surface area contributed by atoms with Crippen molar-refractivity contribution in [1.82, 2.24) is 14.9 Å². The molecule has 2 heterocycles. The normalized spacial score (nSPS) is 19.3. The summed E-state index contributed by atoms with van der Waals surface area (Å²) in [6.45, 7) is 1.34. The van der Waals surface area contributed by atoms with Crippen LogP contribution in [0.4, 0.5) is 10.1 Å². The van der Waals surface area contributed by atoms with Crippen molar-refractivity contribution in [2.45, 2.75) is 38.1 Å². The molecule has 2 fully saturated rings. The molecule has 6 rings (SSSR count). The molecule has 1 saturated carbocycles. The van der Waals surface area contributed by atoms with Crippen LogP contribution in [0.3, 0.4) is 0 Å². The number of carboxylic acid groups (broad SMARTS) is 1. The van der Waals surface area contributed by atoms with Gasteiger partial charge in [0, 0.05) is 41.3 Å². The topological polar surface area (TPSA) is 95.4 Å². The first-order chi connectivity index (χ1) is 19.9. The van der Waals surface area contributed by atoms with Crippen LogP contribution in [0, 0.1) is 17.7 Å². The van der Waals surface area contributed by atoms with Gasteiger partial charge in [-0.3, -0.25) is 9.59 Å². The van der Waals surface area contributed by atoms with Gasteiger partial charge in [-0.2, -0.15) is 0 Å². The molecule has 2 aliphatic rings. The lowest BCUT2D eigenvalue weighted by atomic mass is 10.0. The van der Waals surface area contributed by atoms with Crippen LogP contribution in [-0.4, -0.2) is 51.0 Å². The lowest BCUT2D eigenvalue weighted by Crippen LogP contribution is -2.42. The number of rotatable bonds is 10. The average molecular weight is 573 g/mol. The molecule has 3 atom stereocenters. The van der Waals surface area contributed by atoms with Crippen molar-refractivity contribution < 1.29 is 19.1 Å². The first-order valence-corrected chi connectivity index (χ1v) is 14.3. The van der Waals surface area contributed by atoms with Crippen molar-refractivity contribution in [3.05, 3.63) is 88.8 Å². The fraction of sp³-hybridized carbons (Fsp3) is 0.312. The predicted molar refractivity (Wildman–Crippen MR) is 156 cm³/mol. The number of amides is 1. The first kappa shape index (κ1) is 27.1. The van der Waals surface area contributed by atoms with Gasteiger partial charge in [0.1, 0.15) is 5.82 Å². The fourth-order valence-corrected chi connectivity index (χ4v) is 5.95. The maximum Gasteiger partial charge on any atom is 0.303 e. The third-order valence-electron chi connectivity index (χ3n) is 8.08. The molecule has 0 bridgehead atoms. The van der Waals surface area contributed by atoms with Gasteiger partial charge in [-0.15, -0.1) is 0 Å². The molecule has 0 radical (unpaired) electrons. The molecule has 7 nitrogen and oxygen atoms in total. The third kappa shape index (κ3) is 6.03. The van der Waals surface area contributed by atoms with E-state index in [1.54, 1.807) is 24.3 Å². The van der Waals surface area contributed by atoms with Crippen molar-refractivity contribution in [3.8, 4) is 11.3 Å². The number of fused-ring (bicyclic) bond motifs is 2. The Bertz CT molecular complexity index is 1600. The van der Waals surface area contributed by atoms with Crippen LogP contribution in [0.25, 0.3) is 22.3 Å². The van der Waals surface area contributed by atoms with E-state index in [1.807, 2.05) is 35.2 Å².